The van der Waals surface area contributed by atoms with Crippen molar-refractivity contribution in [3.05, 3.63) is 77.3 Å². The molecule has 1 aliphatic heterocycles. The largest absolute Gasteiger partial charge is 0.489 e. The maximum Gasteiger partial charge on any atom is 0.257 e. The van der Waals surface area contributed by atoms with Crippen molar-refractivity contribution >= 4 is 27.5 Å². The van der Waals surface area contributed by atoms with E-state index in [1.165, 1.54) is 12.3 Å². The van der Waals surface area contributed by atoms with Crippen LogP contribution in [0.2, 0.25) is 0 Å². The molecule has 2 atom stereocenters. The zero-order valence-electron chi connectivity index (χ0n) is 16.0. The topological polar surface area (TPSA) is 81.9 Å². The fraction of sp³-hybridized carbons (Fsp3) is 0.227. The number of aromatic nitrogens is 1. The lowest BCUT2D eigenvalue weighted by Crippen LogP contribution is -2.20. The molecule has 4 rings (SSSR count). The fourth-order valence-electron chi connectivity index (χ4n) is 3.27. The third kappa shape index (κ3) is 4.75. The summed E-state index contributed by atoms with van der Waals surface area (Å²) in [6.45, 7) is 7.43. The highest BCUT2D eigenvalue weighted by Gasteiger charge is 2.21. The Bertz CT molecular complexity index is 1070. The van der Waals surface area contributed by atoms with E-state index >= 15 is 0 Å². The van der Waals surface area contributed by atoms with Crippen molar-refractivity contribution in [2.75, 3.05) is 6.61 Å². The van der Waals surface area contributed by atoms with Gasteiger partial charge in [-0.3, -0.25) is 9.52 Å². The van der Waals surface area contributed by atoms with E-state index in [1.54, 1.807) is 36.4 Å². The summed E-state index contributed by atoms with van der Waals surface area (Å²) in [5, 5.41) is 0. The molecule has 2 aliphatic rings. The van der Waals surface area contributed by atoms with Crippen LogP contribution in [0, 0.1) is 6.57 Å². The summed E-state index contributed by atoms with van der Waals surface area (Å²) in [6.07, 6.45) is 7.71. The highest BCUT2D eigenvalue weighted by molar-refractivity contribution is 7.93. The fourth-order valence-corrected chi connectivity index (χ4v) is 4.18. The Hall–Kier alpha value is -3.44. The van der Waals surface area contributed by atoms with Gasteiger partial charge in [-0.1, -0.05) is 12.1 Å². The Morgan fingerprint density at radius 3 is 2.73 bits per heavy atom. The van der Waals surface area contributed by atoms with Gasteiger partial charge in [0.15, 0.2) is 11.0 Å². The van der Waals surface area contributed by atoms with Crippen LogP contribution < -0.4 is 14.2 Å². The molecule has 0 radical (unpaired) electrons. The number of ether oxygens (including phenoxy) is 2. The molecule has 0 fully saturated rings. The SMILES string of the molecule is [C-]#[N+]c1ccc(OC2C=C(COc3ccc(C4=CC(=O)NS4=O)cc3)CCC2)nc1. The van der Waals surface area contributed by atoms with Crippen LogP contribution in [0.4, 0.5) is 5.69 Å². The first-order chi connectivity index (χ1) is 14.6. The second-order valence-electron chi connectivity index (χ2n) is 6.90. The second-order valence-corrected chi connectivity index (χ2v) is 8.08. The first-order valence-electron chi connectivity index (χ1n) is 9.48. The molecule has 0 bridgehead atoms. The van der Waals surface area contributed by atoms with Gasteiger partial charge in [-0.2, -0.15) is 0 Å². The molecule has 0 saturated carbocycles. The molecular weight excluding hydrogens is 402 g/mol. The van der Waals surface area contributed by atoms with Gasteiger partial charge in [0, 0.05) is 12.3 Å². The van der Waals surface area contributed by atoms with E-state index in [2.05, 4.69) is 20.6 Å². The van der Waals surface area contributed by atoms with E-state index in [0.717, 1.165) is 30.4 Å². The summed E-state index contributed by atoms with van der Waals surface area (Å²) in [6, 6.07) is 10.6. The molecule has 0 spiro atoms. The van der Waals surface area contributed by atoms with E-state index in [0.29, 0.717) is 28.8 Å². The Labute approximate surface area is 176 Å². The molecule has 1 aromatic heterocycles. The van der Waals surface area contributed by atoms with Gasteiger partial charge in [-0.05, 0) is 60.7 Å². The van der Waals surface area contributed by atoms with Gasteiger partial charge in [-0.25, -0.2) is 14.0 Å². The Kier molecular flexibility index (Phi) is 5.91. The van der Waals surface area contributed by atoms with E-state index in [1.807, 2.05) is 0 Å². The molecular formula is C22H19N3O4S. The van der Waals surface area contributed by atoms with Crippen LogP contribution in [-0.4, -0.2) is 27.8 Å². The van der Waals surface area contributed by atoms with Gasteiger partial charge in [-0.15, -0.1) is 0 Å². The summed E-state index contributed by atoms with van der Waals surface area (Å²) in [4.78, 5) is 19.3. The van der Waals surface area contributed by atoms with Crippen molar-refractivity contribution in [3.8, 4) is 11.6 Å². The van der Waals surface area contributed by atoms with E-state index in [-0.39, 0.29) is 12.0 Å². The zero-order valence-corrected chi connectivity index (χ0v) is 16.9. The number of rotatable bonds is 6. The van der Waals surface area contributed by atoms with Crippen molar-refractivity contribution in [3.63, 3.8) is 0 Å². The number of carbonyl (C=O) groups is 1. The minimum absolute atomic E-state index is 0.0691. The lowest BCUT2D eigenvalue weighted by molar-refractivity contribution is -0.114. The lowest BCUT2D eigenvalue weighted by atomic mass is 9.98. The van der Waals surface area contributed by atoms with E-state index in [9.17, 15) is 9.00 Å². The van der Waals surface area contributed by atoms with Gasteiger partial charge in [0.2, 0.25) is 11.6 Å². The Morgan fingerprint density at radius 1 is 1.23 bits per heavy atom. The number of amides is 1. The van der Waals surface area contributed by atoms with Crippen molar-refractivity contribution in [2.24, 2.45) is 0 Å². The van der Waals surface area contributed by atoms with Crippen LogP contribution >= 0.6 is 0 Å². The average molecular weight is 421 g/mol. The quantitative estimate of drug-likeness (QED) is 0.568. The van der Waals surface area contributed by atoms with Crippen molar-refractivity contribution in [1.29, 1.82) is 0 Å². The molecule has 2 unspecified atom stereocenters. The summed E-state index contributed by atoms with van der Waals surface area (Å²) >= 11 is 0. The smallest absolute Gasteiger partial charge is 0.257 e. The first kappa shape index (κ1) is 19.9. The average Bonchev–Trinajstić information content (AvgIpc) is 3.11. The standard InChI is InChI=1S/C22H19N3O4S/c1-23-17-7-10-22(24-13-17)29-19-4-2-3-15(11-19)14-28-18-8-5-16(6-9-18)20-12-21(26)25-30(20)27/h5-13,19H,2-4,14H2,(H,25,26). The maximum atomic E-state index is 11.8. The number of benzene rings is 1. The number of hydrogen-bond donors (Lipinski definition) is 1. The number of nitrogens with zero attached hydrogens (tertiary/aromatic N) is 2. The van der Waals surface area contributed by atoms with Crippen molar-refractivity contribution in [1.82, 2.24) is 9.71 Å². The molecule has 8 heteroatoms. The molecule has 2 aromatic rings. The zero-order chi connectivity index (χ0) is 20.9. The van der Waals surface area contributed by atoms with Crippen molar-refractivity contribution in [2.45, 2.75) is 25.4 Å². The van der Waals surface area contributed by atoms with Crippen LogP contribution in [-0.2, 0) is 15.8 Å². The van der Waals surface area contributed by atoms with Crippen LogP contribution in [0.15, 0.2) is 60.3 Å². The monoisotopic (exact) mass is 421 g/mol. The summed E-state index contributed by atoms with van der Waals surface area (Å²) in [5.41, 5.74) is 2.36. The van der Waals surface area contributed by atoms with Crippen LogP contribution in [0.25, 0.3) is 9.75 Å². The first-order valence-corrected chi connectivity index (χ1v) is 10.6. The maximum absolute atomic E-state index is 11.8. The van der Waals surface area contributed by atoms with Gasteiger partial charge in [0.25, 0.3) is 5.91 Å². The summed E-state index contributed by atoms with van der Waals surface area (Å²) in [5.74, 6) is 0.859. The van der Waals surface area contributed by atoms with Crippen LogP contribution in [0.3, 0.4) is 0 Å². The third-order valence-corrected chi connectivity index (χ3v) is 5.89. The lowest BCUT2D eigenvalue weighted by Gasteiger charge is -2.22. The number of carbonyl (C=O) groups excluding carboxylic acids is 1. The molecule has 1 amide bonds. The number of nitrogens with one attached hydrogen (secondary N) is 1. The minimum Gasteiger partial charge on any atom is -0.489 e. The van der Waals surface area contributed by atoms with Crippen LogP contribution in [0.1, 0.15) is 24.8 Å². The minimum atomic E-state index is -1.50. The Morgan fingerprint density at radius 2 is 2.07 bits per heavy atom. The van der Waals surface area contributed by atoms with Gasteiger partial charge in [0.05, 0.1) is 11.5 Å². The molecule has 7 nitrogen and oxygen atoms in total. The van der Waals surface area contributed by atoms with Crippen molar-refractivity contribution < 1.29 is 18.5 Å². The summed E-state index contributed by atoms with van der Waals surface area (Å²) in [7, 11) is -1.50. The molecule has 1 aliphatic carbocycles. The predicted molar refractivity (Wildman–Crippen MR) is 113 cm³/mol. The van der Waals surface area contributed by atoms with E-state index in [4.69, 9.17) is 16.0 Å². The Balaban J connectivity index is 1.34. The summed E-state index contributed by atoms with van der Waals surface area (Å²) < 4.78 is 26.0. The van der Waals surface area contributed by atoms with Gasteiger partial charge >= 0.3 is 0 Å². The predicted octanol–water partition coefficient (Wildman–Crippen LogP) is 3.70. The van der Waals surface area contributed by atoms with E-state index < -0.39 is 11.0 Å². The highest BCUT2D eigenvalue weighted by atomic mass is 32.2. The molecule has 1 N–H and O–H groups in total. The van der Waals surface area contributed by atoms with Gasteiger partial charge in [0.1, 0.15) is 18.5 Å². The molecule has 2 heterocycles. The normalized spacial score (nSPS) is 20.6. The molecule has 0 saturated heterocycles. The van der Waals surface area contributed by atoms with Crippen LogP contribution in [0.5, 0.6) is 11.6 Å². The molecule has 152 valence electrons. The number of hydrogen-bond acceptors (Lipinski definition) is 5. The second kappa shape index (κ2) is 8.93. The highest BCUT2D eigenvalue weighted by Crippen LogP contribution is 2.26. The molecule has 1 aromatic carbocycles. The molecule has 30 heavy (non-hydrogen) atoms. The number of pyridine rings is 1. The van der Waals surface area contributed by atoms with Gasteiger partial charge < -0.3 is 9.47 Å². The third-order valence-electron chi connectivity index (χ3n) is 4.75.